The molecule has 0 aliphatic heterocycles. The second-order valence-electron chi connectivity index (χ2n) is 8.11. The maximum Gasteiger partial charge on any atom is 0.223 e. The van der Waals surface area contributed by atoms with Crippen molar-refractivity contribution in [3.63, 3.8) is 0 Å². The summed E-state index contributed by atoms with van der Waals surface area (Å²) < 4.78 is 39.4. The van der Waals surface area contributed by atoms with Crippen molar-refractivity contribution in [1.82, 2.24) is 10.3 Å². The van der Waals surface area contributed by atoms with E-state index in [0.717, 1.165) is 31.7 Å². The van der Waals surface area contributed by atoms with Gasteiger partial charge in [-0.3, -0.25) is 4.79 Å². The third-order valence-electron chi connectivity index (χ3n) is 5.70. The largest absolute Gasteiger partial charge is 0.388 e. The van der Waals surface area contributed by atoms with Gasteiger partial charge in [0.15, 0.2) is 0 Å². The summed E-state index contributed by atoms with van der Waals surface area (Å²) in [5.41, 5.74) is 1.04. The molecule has 0 spiro atoms. The number of aliphatic hydroxyl groups is 1. The maximum absolute atomic E-state index is 13.5. The zero-order valence-electron chi connectivity index (χ0n) is 16.4. The first-order valence-corrected chi connectivity index (χ1v) is 10.1. The molecule has 0 saturated heterocycles. The number of hydrogen-bond donors (Lipinski definition) is 3. The highest BCUT2D eigenvalue weighted by Gasteiger charge is 2.41. The van der Waals surface area contributed by atoms with Crippen LogP contribution in [0, 0.1) is 23.4 Å². The lowest BCUT2D eigenvalue weighted by Gasteiger charge is -2.24. The first-order valence-electron chi connectivity index (χ1n) is 10.1. The molecule has 0 unspecified atom stereocenters. The lowest BCUT2D eigenvalue weighted by Crippen LogP contribution is -2.39. The average Bonchev–Trinajstić information content (AvgIpc) is 3.24. The fraction of sp³-hybridized carbons (Fsp3) is 0.348. The number of carbonyl (C=O) groups excluding carboxylic acids is 1. The number of fused-ring (bicyclic) bond motifs is 1. The third kappa shape index (κ3) is 4.67. The number of aromatic nitrogens is 1. The van der Waals surface area contributed by atoms with Gasteiger partial charge in [-0.2, -0.15) is 0 Å². The smallest absolute Gasteiger partial charge is 0.223 e. The summed E-state index contributed by atoms with van der Waals surface area (Å²) in [6, 6.07) is 9.50. The second kappa shape index (κ2) is 8.14. The first kappa shape index (κ1) is 20.5. The lowest BCUT2D eigenvalue weighted by atomic mass is 9.85. The summed E-state index contributed by atoms with van der Waals surface area (Å²) in [7, 11) is 0. The van der Waals surface area contributed by atoms with E-state index < -0.39 is 17.2 Å². The molecular weight excluding hydrogens is 393 g/mol. The molecule has 158 valence electrons. The molecule has 0 bridgehead atoms. The summed E-state index contributed by atoms with van der Waals surface area (Å²) in [4.78, 5) is 14.1. The highest BCUT2D eigenvalue weighted by atomic mass is 19.1. The zero-order chi connectivity index (χ0) is 21.3. The molecule has 2 aromatic carbocycles. The van der Waals surface area contributed by atoms with Gasteiger partial charge in [0.25, 0.3) is 0 Å². The minimum atomic E-state index is -0.640. The van der Waals surface area contributed by atoms with Crippen molar-refractivity contribution >= 4 is 16.8 Å². The van der Waals surface area contributed by atoms with E-state index in [2.05, 4.69) is 10.3 Å². The number of halogens is 3. The number of carbonyl (C=O) groups is 1. The Bertz CT molecular complexity index is 1050. The van der Waals surface area contributed by atoms with Gasteiger partial charge in [0.05, 0.1) is 11.1 Å². The van der Waals surface area contributed by atoms with Crippen LogP contribution >= 0.6 is 0 Å². The zero-order valence-corrected chi connectivity index (χ0v) is 16.4. The Balaban J connectivity index is 0.000000158. The van der Waals surface area contributed by atoms with Gasteiger partial charge in [0.1, 0.15) is 17.5 Å². The second-order valence-corrected chi connectivity index (χ2v) is 8.11. The monoisotopic (exact) mass is 416 g/mol. The van der Waals surface area contributed by atoms with Crippen molar-refractivity contribution in [2.45, 2.75) is 37.7 Å². The normalized spacial score (nSPS) is 17.1. The van der Waals surface area contributed by atoms with E-state index >= 15 is 0 Å². The van der Waals surface area contributed by atoms with Crippen LogP contribution in [-0.4, -0.2) is 28.1 Å². The van der Waals surface area contributed by atoms with Crippen LogP contribution < -0.4 is 5.32 Å². The van der Waals surface area contributed by atoms with Crippen molar-refractivity contribution in [2.75, 3.05) is 6.54 Å². The van der Waals surface area contributed by atoms with E-state index in [4.69, 9.17) is 0 Å². The third-order valence-corrected chi connectivity index (χ3v) is 5.70. The summed E-state index contributed by atoms with van der Waals surface area (Å²) in [5.74, 6) is -1.22. The van der Waals surface area contributed by atoms with Gasteiger partial charge in [-0.15, -0.1) is 0 Å². The fourth-order valence-corrected chi connectivity index (χ4v) is 3.34. The Morgan fingerprint density at radius 3 is 2.37 bits per heavy atom. The van der Waals surface area contributed by atoms with E-state index in [9.17, 15) is 23.1 Å². The highest BCUT2D eigenvalue weighted by Crippen LogP contribution is 2.34. The summed E-state index contributed by atoms with van der Waals surface area (Å²) in [6.45, 7) is 0.461. The van der Waals surface area contributed by atoms with Gasteiger partial charge in [-0.1, -0.05) is 6.42 Å². The molecule has 0 atom stereocenters. The molecule has 7 heteroatoms. The molecule has 3 N–H and O–H groups in total. The van der Waals surface area contributed by atoms with Crippen LogP contribution in [-0.2, 0) is 4.79 Å². The van der Waals surface area contributed by atoms with E-state index in [1.165, 1.54) is 24.6 Å². The van der Waals surface area contributed by atoms with Crippen molar-refractivity contribution < 1.29 is 23.1 Å². The number of amides is 1. The molecule has 2 fully saturated rings. The fourth-order valence-electron chi connectivity index (χ4n) is 3.34. The topological polar surface area (TPSA) is 65.1 Å². The number of rotatable bonds is 4. The SMILES string of the molecule is Fc1ccc(-c2cc3cc(F)cc(F)c3[nH]2)cc1.O=C(NCC1(O)CC1)C1CCC1. The summed E-state index contributed by atoms with van der Waals surface area (Å²) >= 11 is 0. The molecule has 1 aromatic heterocycles. The van der Waals surface area contributed by atoms with Crippen molar-refractivity contribution in [3.05, 3.63) is 59.9 Å². The quantitative estimate of drug-likeness (QED) is 0.578. The van der Waals surface area contributed by atoms with Crippen LogP contribution in [0.1, 0.15) is 32.1 Å². The molecule has 30 heavy (non-hydrogen) atoms. The number of hydrogen-bond acceptors (Lipinski definition) is 2. The van der Waals surface area contributed by atoms with Crippen LogP contribution in [0.2, 0.25) is 0 Å². The van der Waals surface area contributed by atoms with Crippen LogP contribution in [0.15, 0.2) is 42.5 Å². The summed E-state index contributed by atoms with van der Waals surface area (Å²) in [5, 5.41) is 12.7. The van der Waals surface area contributed by atoms with E-state index in [0.29, 0.717) is 23.2 Å². The molecule has 2 aliphatic rings. The minimum Gasteiger partial charge on any atom is -0.388 e. The van der Waals surface area contributed by atoms with Gasteiger partial charge in [-0.25, -0.2) is 13.2 Å². The Hall–Kier alpha value is -2.80. The van der Waals surface area contributed by atoms with Crippen molar-refractivity contribution in [2.24, 2.45) is 5.92 Å². The van der Waals surface area contributed by atoms with Crippen LogP contribution in [0.25, 0.3) is 22.2 Å². The standard InChI is InChI=1S/C14H8F3N.C9H15NO2/c15-10-3-1-8(2-4-10)13-6-9-5-11(16)7-12(17)14(9)18-13;11-8(7-2-1-3-7)10-6-9(12)4-5-9/h1-7,18H;7,12H,1-6H2,(H,10,11). The molecule has 4 nitrogen and oxygen atoms in total. The lowest BCUT2D eigenvalue weighted by molar-refractivity contribution is -0.128. The van der Waals surface area contributed by atoms with Crippen molar-refractivity contribution in [3.8, 4) is 11.3 Å². The van der Waals surface area contributed by atoms with Gasteiger partial charge in [-0.05, 0) is 67.6 Å². The van der Waals surface area contributed by atoms with Gasteiger partial charge < -0.3 is 15.4 Å². The average molecular weight is 416 g/mol. The first-order chi connectivity index (χ1) is 14.3. The molecule has 2 saturated carbocycles. The molecule has 3 aromatic rings. The molecular formula is C23H23F3N2O2. The Labute approximate surface area is 172 Å². The predicted octanol–water partition coefficient (Wildman–Crippen LogP) is 4.68. The van der Waals surface area contributed by atoms with Crippen LogP contribution in [0.5, 0.6) is 0 Å². The van der Waals surface area contributed by atoms with Crippen LogP contribution in [0.3, 0.4) is 0 Å². The minimum absolute atomic E-state index is 0.140. The number of H-pyrrole nitrogens is 1. The Morgan fingerprint density at radius 2 is 1.77 bits per heavy atom. The number of aromatic amines is 1. The van der Waals surface area contributed by atoms with E-state index in [-0.39, 0.29) is 23.2 Å². The van der Waals surface area contributed by atoms with Crippen LogP contribution in [0.4, 0.5) is 13.2 Å². The maximum atomic E-state index is 13.5. The molecule has 1 heterocycles. The van der Waals surface area contributed by atoms with E-state index in [1.54, 1.807) is 18.2 Å². The van der Waals surface area contributed by atoms with Gasteiger partial charge in [0, 0.05) is 29.6 Å². The molecule has 5 rings (SSSR count). The molecule has 1 amide bonds. The highest BCUT2D eigenvalue weighted by molar-refractivity contribution is 5.86. The summed E-state index contributed by atoms with van der Waals surface area (Å²) in [6.07, 6.45) is 4.94. The Morgan fingerprint density at radius 1 is 1.07 bits per heavy atom. The number of benzene rings is 2. The van der Waals surface area contributed by atoms with Gasteiger partial charge in [0.2, 0.25) is 5.91 Å². The predicted molar refractivity (Wildman–Crippen MR) is 108 cm³/mol. The number of nitrogens with one attached hydrogen (secondary N) is 2. The van der Waals surface area contributed by atoms with E-state index in [1.807, 2.05) is 0 Å². The van der Waals surface area contributed by atoms with Crippen molar-refractivity contribution in [1.29, 1.82) is 0 Å². The molecule has 2 aliphatic carbocycles. The Kier molecular flexibility index (Phi) is 5.56. The molecule has 0 radical (unpaired) electrons. The van der Waals surface area contributed by atoms with Gasteiger partial charge >= 0.3 is 0 Å².